The molecule has 2 unspecified atom stereocenters. The van der Waals surface area contributed by atoms with Crippen LogP contribution in [0.2, 0.25) is 0 Å². The standard InChI is InChI=1S/C16H26O4/c1-4-13(2,3)12(17)20-16-7-11-5-14(18,9-16)8-15(19,6-11)10-16/h11,18-19H,4-10H2,1-3H3. The maximum Gasteiger partial charge on any atom is 0.312 e. The minimum atomic E-state index is -0.842. The van der Waals surface area contributed by atoms with E-state index in [1.165, 1.54) is 0 Å². The van der Waals surface area contributed by atoms with Crippen molar-refractivity contribution in [1.29, 1.82) is 0 Å². The zero-order valence-corrected chi connectivity index (χ0v) is 12.7. The number of carbonyl (C=O) groups excluding carboxylic acids is 1. The molecule has 0 saturated heterocycles. The van der Waals surface area contributed by atoms with Gasteiger partial charge in [-0.3, -0.25) is 4.79 Å². The van der Waals surface area contributed by atoms with Crippen LogP contribution in [-0.4, -0.2) is 33.0 Å². The Labute approximate surface area is 120 Å². The first-order valence-electron chi connectivity index (χ1n) is 7.78. The third kappa shape index (κ3) is 2.17. The molecule has 0 spiro atoms. The van der Waals surface area contributed by atoms with Gasteiger partial charge in [0.2, 0.25) is 0 Å². The van der Waals surface area contributed by atoms with Crippen molar-refractivity contribution < 1.29 is 19.7 Å². The molecule has 0 aromatic rings. The maximum absolute atomic E-state index is 12.4. The van der Waals surface area contributed by atoms with Crippen LogP contribution in [0.3, 0.4) is 0 Å². The Hall–Kier alpha value is -0.610. The van der Waals surface area contributed by atoms with Gasteiger partial charge >= 0.3 is 5.97 Å². The van der Waals surface area contributed by atoms with Crippen molar-refractivity contribution in [2.75, 3.05) is 0 Å². The van der Waals surface area contributed by atoms with Gasteiger partial charge in [-0.2, -0.15) is 0 Å². The number of aliphatic hydroxyl groups is 2. The van der Waals surface area contributed by atoms with E-state index in [9.17, 15) is 15.0 Å². The molecule has 2 N–H and O–H groups in total. The second-order valence-electron chi connectivity index (χ2n) is 8.27. The first kappa shape index (κ1) is 14.3. The summed E-state index contributed by atoms with van der Waals surface area (Å²) in [6, 6.07) is 0. The lowest BCUT2D eigenvalue weighted by Crippen LogP contribution is -2.67. The third-order valence-electron chi connectivity index (χ3n) is 5.70. The van der Waals surface area contributed by atoms with Crippen LogP contribution in [0.1, 0.15) is 65.7 Å². The third-order valence-corrected chi connectivity index (χ3v) is 5.70. The zero-order chi connectivity index (χ0) is 14.8. The van der Waals surface area contributed by atoms with Crippen molar-refractivity contribution in [2.45, 2.75) is 82.5 Å². The fraction of sp³-hybridized carbons (Fsp3) is 0.938. The molecule has 0 heterocycles. The molecule has 4 saturated carbocycles. The second kappa shape index (κ2) is 3.98. The molecule has 4 bridgehead atoms. The summed E-state index contributed by atoms with van der Waals surface area (Å²) in [5, 5.41) is 21.3. The van der Waals surface area contributed by atoms with Gasteiger partial charge in [0.15, 0.2) is 0 Å². The van der Waals surface area contributed by atoms with Crippen molar-refractivity contribution in [3.05, 3.63) is 0 Å². The Bertz CT molecular complexity index is 424. The second-order valence-corrected chi connectivity index (χ2v) is 8.27. The monoisotopic (exact) mass is 282 g/mol. The van der Waals surface area contributed by atoms with Gasteiger partial charge < -0.3 is 14.9 Å². The Morgan fingerprint density at radius 1 is 1.15 bits per heavy atom. The van der Waals surface area contributed by atoms with Gasteiger partial charge in [0.1, 0.15) is 5.60 Å². The van der Waals surface area contributed by atoms with E-state index in [1.807, 2.05) is 20.8 Å². The lowest BCUT2D eigenvalue weighted by molar-refractivity contribution is -0.264. The summed E-state index contributed by atoms with van der Waals surface area (Å²) in [4.78, 5) is 12.4. The Balaban J connectivity index is 1.84. The average Bonchev–Trinajstić information content (AvgIpc) is 2.22. The molecular weight excluding hydrogens is 256 g/mol. The molecule has 20 heavy (non-hydrogen) atoms. The summed E-state index contributed by atoms with van der Waals surface area (Å²) in [7, 11) is 0. The molecule has 0 amide bonds. The number of carbonyl (C=O) groups is 1. The molecule has 2 atom stereocenters. The van der Waals surface area contributed by atoms with Gasteiger partial charge in [-0.1, -0.05) is 6.92 Å². The van der Waals surface area contributed by atoms with E-state index in [1.54, 1.807) is 0 Å². The van der Waals surface area contributed by atoms with E-state index in [0.717, 1.165) is 25.7 Å². The fourth-order valence-electron chi connectivity index (χ4n) is 4.84. The quantitative estimate of drug-likeness (QED) is 0.779. The van der Waals surface area contributed by atoms with Crippen molar-refractivity contribution in [3.8, 4) is 0 Å². The molecule has 4 heteroatoms. The van der Waals surface area contributed by atoms with Gasteiger partial charge in [-0.25, -0.2) is 0 Å². The van der Waals surface area contributed by atoms with Gasteiger partial charge in [0.25, 0.3) is 0 Å². The van der Waals surface area contributed by atoms with Crippen LogP contribution in [0.4, 0.5) is 0 Å². The topological polar surface area (TPSA) is 66.8 Å². The molecule has 4 nitrogen and oxygen atoms in total. The first-order chi connectivity index (χ1) is 9.10. The summed E-state index contributed by atoms with van der Waals surface area (Å²) in [6.07, 6.45) is 4.42. The van der Waals surface area contributed by atoms with Crippen LogP contribution in [0, 0.1) is 11.3 Å². The highest BCUT2D eigenvalue weighted by molar-refractivity contribution is 5.76. The molecule has 0 aromatic heterocycles. The van der Waals surface area contributed by atoms with Crippen LogP contribution in [0.5, 0.6) is 0 Å². The van der Waals surface area contributed by atoms with E-state index in [0.29, 0.717) is 19.3 Å². The minimum absolute atomic E-state index is 0.200. The number of hydrogen-bond acceptors (Lipinski definition) is 4. The van der Waals surface area contributed by atoms with Gasteiger partial charge in [-0.05, 0) is 45.4 Å². The average molecular weight is 282 g/mol. The molecule has 0 radical (unpaired) electrons. The Morgan fingerprint density at radius 2 is 1.70 bits per heavy atom. The van der Waals surface area contributed by atoms with E-state index in [4.69, 9.17) is 4.74 Å². The molecule has 0 aromatic carbocycles. The lowest BCUT2D eigenvalue weighted by Gasteiger charge is -2.62. The Kier molecular flexibility index (Phi) is 2.85. The summed E-state index contributed by atoms with van der Waals surface area (Å²) in [5.74, 6) is 0.0768. The molecule has 4 fully saturated rings. The maximum atomic E-state index is 12.4. The highest BCUT2D eigenvalue weighted by Gasteiger charge is 2.64. The highest BCUT2D eigenvalue weighted by Crippen LogP contribution is 2.60. The van der Waals surface area contributed by atoms with Gasteiger partial charge in [0.05, 0.1) is 16.6 Å². The minimum Gasteiger partial charge on any atom is -0.458 e. The number of rotatable bonds is 3. The predicted molar refractivity (Wildman–Crippen MR) is 74.0 cm³/mol. The van der Waals surface area contributed by atoms with Crippen LogP contribution in [0.25, 0.3) is 0 Å². The summed E-state index contributed by atoms with van der Waals surface area (Å²) < 4.78 is 5.88. The molecule has 4 aliphatic carbocycles. The van der Waals surface area contributed by atoms with E-state index >= 15 is 0 Å². The van der Waals surface area contributed by atoms with Crippen molar-refractivity contribution in [2.24, 2.45) is 11.3 Å². The smallest absolute Gasteiger partial charge is 0.312 e. The fourth-order valence-corrected chi connectivity index (χ4v) is 4.84. The summed E-state index contributed by atoms with van der Waals surface area (Å²) in [6.45, 7) is 5.75. The largest absolute Gasteiger partial charge is 0.458 e. The molecule has 0 aliphatic heterocycles. The predicted octanol–water partition coefficient (Wildman–Crippen LogP) is 2.16. The number of hydrogen-bond donors (Lipinski definition) is 2. The van der Waals surface area contributed by atoms with Crippen LogP contribution >= 0.6 is 0 Å². The SMILES string of the molecule is CCC(C)(C)C(=O)OC12CC3CC(O)(CC(O)(C3)C1)C2. The summed E-state index contributed by atoms with van der Waals surface area (Å²) in [5.41, 5.74) is -2.84. The first-order valence-corrected chi connectivity index (χ1v) is 7.78. The van der Waals surface area contributed by atoms with E-state index < -0.39 is 22.2 Å². The molecule has 114 valence electrons. The van der Waals surface area contributed by atoms with E-state index in [-0.39, 0.29) is 11.9 Å². The van der Waals surface area contributed by atoms with Crippen LogP contribution in [-0.2, 0) is 9.53 Å². The highest BCUT2D eigenvalue weighted by atomic mass is 16.6. The normalized spacial score (nSPS) is 46.5. The van der Waals surface area contributed by atoms with Crippen molar-refractivity contribution >= 4 is 5.97 Å². The molecular formula is C16H26O4. The number of esters is 1. The van der Waals surface area contributed by atoms with Crippen molar-refractivity contribution in [1.82, 2.24) is 0 Å². The van der Waals surface area contributed by atoms with Crippen LogP contribution in [0.15, 0.2) is 0 Å². The number of ether oxygens (including phenoxy) is 1. The van der Waals surface area contributed by atoms with Crippen molar-refractivity contribution in [3.63, 3.8) is 0 Å². The van der Waals surface area contributed by atoms with Gasteiger partial charge in [0, 0.05) is 19.3 Å². The molecule has 4 rings (SSSR count). The van der Waals surface area contributed by atoms with Crippen LogP contribution < -0.4 is 0 Å². The van der Waals surface area contributed by atoms with E-state index in [2.05, 4.69) is 0 Å². The Morgan fingerprint density at radius 3 is 2.15 bits per heavy atom. The zero-order valence-electron chi connectivity index (χ0n) is 12.7. The summed E-state index contributed by atoms with van der Waals surface area (Å²) >= 11 is 0. The lowest BCUT2D eigenvalue weighted by atomic mass is 9.50. The van der Waals surface area contributed by atoms with Gasteiger partial charge in [-0.15, -0.1) is 0 Å². The molecule has 4 aliphatic rings.